The zero-order chi connectivity index (χ0) is 17.1. The Morgan fingerprint density at radius 2 is 2.25 bits per heavy atom. The summed E-state index contributed by atoms with van der Waals surface area (Å²) in [4.78, 5) is 28.9. The fourth-order valence-corrected chi connectivity index (χ4v) is 3.48. The van der Waals surface area contributed by atoms with Gasteiger partial charge in [-0.15, -0.1) is 27.8 Å². The summed E-state index contributed by atoms with van der Waals surface area (Å²) >= 11 is 2.82. The SMILES string of the molecule is CC(C)c1csc(NC(=O)CCn2nc(-c3cccs3)oc2=O)n1. The molecule has 0 atom stereocenters. The minimum atomic E-state index is -0.567. The number of hydrogen-bond acceptors (Lipinski definition) is 7. The van der Waals surface area contributed by atoms with E-state index in [0.717, 1.165) is 15.3 Å². The molecule has 1 N–H and O–H groups in total. The van der Waals surface area contributed by atoms with Crippen LogP contribution in [-0.4, -0.2) is 20.7 Å². The Labute approximate surface area is 146 Å². The summed E-state index contributed by atoms with van der Waals surface area (Å²) < 4.78 is 6.27. The molecule has 24 heavy (non-hydrogen) atoms. The van der Waals surface area contributed by atoms with Crippen LogP contribution in [0, 0.1) is 0 Å². The quantitative estimate of drug-likeness (QED) is 0.725. The summed E-state index contributed by atoms with van der Waals surface area (Å²) in [7, 11) is 0. The maximum Gasteiger partial charge on any atom is 0.437 e. The number of aryl methyl sites for hydroxylation is 1. The number of hydrogen-bond donors (Lipinski definition) is 1. The molecule has 3 heterocycles. The van der Waals surface area contributed by atoms with E-state index in [-0.39, 0.29) is 24.8 Å². The molecule has 0 radical (unpaired) electrons. The van der Waals surface area contributed by atoms with E-state index in [4.69, 9.17) is 4.42 Å². The van der Waals surface area contributed by atoms with Gasteiger partial charge in [-0.2, -0.15) is 4.68 Å². The first kappa shape index (κ1) is 16.6. The number of nitrogens with one attached hydrogen (secondary N) is 1. The van der Waals surface area contributed by atoms with Crippen LogP contribution < -0.4 is 11.1 Å². The highest BCUT2D eigenvalue weighted by molar-refractivity contribution is 7.14. The van der Waals surface area contributed by atoms with E-state index in [9.17, 15) is 9.59 Å². The van der Waals surface area contributed by atoms with Gasteiger partial charge in [0.1, 0.15) is 0 Å². The molecule has 3 aromatic heterocycles. The number of nitrogens with zero attached hydrogens (tertiary/aromatic N) is 3. The van der Waals surface area contributed by atoms with Crippen molar-refractivity contribution in [2.75, 3.05) is 5.32 Å². The number of thiazole rings is 1. The molecule has 7 nitrogen and oxygen atoms in total. The highest BCUT2D eigenvalue weighted by Crippen LogP contribution is 2.22. The van der Waals surface area contributed by atoms with Crippen LogP contribution in [-0.2, 0) is 11.3 Å². The van der Waals surface area contributed by atoms with Gasteiger partial charge >= 0.3 is 5.76 Å². The highest BCUT2D eigenvalue weighted by Gasteiger charge is 2.13. The van der Waals surface area contributed by atoms with Gasteiger partial charge in [-0.1, -0.05) is 19.9 Å². The highest BCUT2D eigenvalue weighted by atomic mass is 32.1. The minimum absolute atomic E-state index is 0.118. The maximum atomic E-state index is 12.0. The molecule has 126 valence electrons. The van der Waals surface area contributed by atoms with Gasteiger partial charge in [-0.3, -0.25) is 4.79 Å². The predicted octanol–water partition coefficient (Wildman–Crippen LogP) is 3.17. The standard InChI is InChI=1S/C15H16N4O3S2/c1-9(2)10-8-24-14(16-10)17-12(20)5-6-19-15(21)22-13(18-19)11-4-3-7-23-11/h3-4,7-9H,5-6H2,1-2H3,(H,16,17,20). The number of carbonyl (C=O) groups excluding carboxylic acids is 1. The van der Waals surface area contributed by atoms with E-state index in [1.54, 1.807) is 0 Å². The van der Waals surface area contributed by atoms with Crippen LogP contribution in [0.5, 0.6) is 0 Å². The van der Waals surface area contributed by atoms with E-state index >= 15 is 0 Å². The molecule has 3 rings (SSSR count). The minimum Gasteiger partial charge on any atom is -0.387 e. The lowest BCUT2D eigenvalue weighted by Gasteiger charge is -2.01. The zero-order valence-electron chi connectivity index (χ0n) is 13.2. The molecule has 0 saturated heterocycles. The van der Waals surface area contributed by atoms with Crippen molar-refractivity contribution in [3.63, 3.8) is 0 Å². The molecule has 0 spiro atoms. The first-order valence-electron chi connectivity index (χ1n) is 7.40. The lowest BCUT2D eigenvalue weighted by atomic mass is 10.2. The fourth-order valence-electron chi connectivity index (χ4n) is 1.95. The van der Waals surface area contributed by atoms with Crippen molar-refractivity contribution in [2.24, 2.45) is 0 Å². The van der Waals surface area contributed by atoms with Gasteiger partial charge in [0.05, 0.1) is 17.1 Å². The fraction of sp³-hybridized carbons (Fsp3) is 0.333. The normalized spacial score (nSPS) is 11.1. The number of aromatic nitrogens is 3. The second-order valence-electron chi connectivity index (χ2n) is 5.40. The van der Waals surface area contributed by atoms with E-state index in [2.05, 4.69) is 15.4 Å². The van der Waals surface area contributed by atoms with E-state index < -0.39 is 5.76 Å². The topological polar surface area (TPSA) is 90.0 Å². The van der Waals surface area contributed by atoms with Crippen molar-refractivity contribution in [1.29, 1.82) is 0 Å². The smallest absolute Gasteiger partial charge is 0.387 e. The number of amides is 1. The Morgan fingerprint density at radius 1 is 1.42 bits per heavy atom. The lowest BCUT2D eigenvalue weighted by molar-refractivity contribution is -0.116. The molecule has 0 saturated carbocycles. The first-order valence-corrected chi connectivity index (χ1v) is 9.16. The summed E-state index contributed by atoms with van der Waals surface area (Å²) in [6, 6.07) is 3.67. The summed E-state index contributed by atoms with van der Waals surface area (Å²) in [5.41, 5.74) is 0.948. The number of thiophene rings is 1. The summed E-state index contributed by atoms with van der Waals surface area (Å²) in [5.74, 6) is -0.192. The Kier molecular flexibility index (Phi) is 4.91. The third-order valence-corrected chi connectivity index (χ3v) is 4.88. The molecule has 0 bridgehead atoms. The molecular formula is C15H16N4O3S2. The van der Waals surface area contributed by atoms with E-state index in [0.29, 0.717) is 11.0 Å². The monoisotopic (exact) mass is 364 g/mol. The summed E-state index contributed by atoms with van der Waals surface area (Å²) in [6.07, 6.45) is 0.118. The molecular weight excluding hydrogens is 348 g/mol. The summed E-state index contributed by atoms with van der Waals surface area (Å²) in [6.45, 7) is 4.24. The van der Waals surface area contributed by atoms with Crippen molar-refractivity contribution in [2.45, 2.75) is 32.7 Å². The van der Waals surface area contributed by atoms with Gasteiger partial charge < -0.3 is 9.73 Å². The van der Waals surface area contributed by atoms with Crippen molar-refractivity contribution >= 4 is 33.7 Å². The van der Waals surface area contributed by atoms with Crippen molar-refractivity contribution < 1.29 is 9.21 Å². The van der Waals surface area contributed by atoms with Gasteiger partial charge in [0.2, 0.25) is 5.91 Å². The van der Waals surface area contributed by atoms with Crippen LogP contribution in [0.15, 0.2) is 32.1 Å². The second-order valence-corrected chi connectivity index (χ2v) is 7.21. The molecule has 0 aliphatic heterocycles. The van der Waals surface area contributed by atoms with Crippen LogP contribution in [0.3, 0.4) is 0 Å². The van der Waals surface area contributed by atoms with Gasteiger partial charge in [0.25, 0.3) is 5.89 Å². The molecule has 0 aliphatic carbocycles. The number of rotatable bonds is 6. The van der Waals surface area contributed by atoms with Crippen molar-refractivity contribution in [1.82, 2.24) is 14.8 Å². The van der Waals surface area contributed by atoms with Gasteiger partial charge in [0, 0.05) is 11.8 Å². The molecule has 0 aliphatic rings. The molecule has 9 heteroatoms. The molecule has 3 aromatic rings. The third kappa shape index (κ3) is 3.80. The second kappa shape index (κ2) is 7.10. The van der Waals surface area contributed by atoms with Gasteiger partial charge in [0.15, 0.2) is 5.13 Å². The molecule has 0 aromatic carbocycles. The van der Waals surface area contributed by atoms with Crippen LogP contribution in [0.2, 0.25) is 0 Å². The average Bonchev–Trinajstić information content (AvgIpc) is 3.25. The summed E-state index contributed by atoms with van der Waals surface area (Å²) in [5, 5.41) is 11.2. The van der Waals surface area contributed by atoms with Crippen LogP contribution in [0.25, 0.3) is 10.8 Å². The van der Waals surface area contributed by atoms with Gasteiger partial charge in [-0.25, -0.2) is 9.78 Å². The first-order chi connectivity index (χ1) is 11.5. The molecule has 1 amide bonds. The Bertz CT molecular complexity index is 877. The third-order valence-electron chi connectivity index (χ3n) is 3.25. The Morgan fingerprint density at radius 3 is 2.92 bits per heavy atom. The molecule has 0 fully saturated rings. The zero-order valence-corrected chi connectivity index (χ0v) is 14.8. The van der Waals surface area contributed by atoms with E-state index in [1.165, 1.54) is 22.7 Å². The van der Waals surface area contributed by atoms with Crippen molar-refractivity contribution in [3.05, 3.63) is 39.1 Å². The predicted molar refractivity (Wildman–Crippen MR) is 93.5 cm³/mol. The lowest BCUT2D eigenvalue weighted by Crippen LogP contribution is -2.20. The average molecular weight is 364 g/mol. The van der Waals surface area contributed by atoms with Crippen LogP contribution >= 0.6 is 22.7 Å². The van der Waals surface area contributed by atoms with Gasteiger partial charge in [-0.05, 0) is 17.4 Å². The molecule has 0 unspecified atom stereocenters. The largest absolute Gasteiger partial charge is 0.437 e. The van der Waals surface area contributed by atoms with E-state index in [1.807, 2.05) is 36.7 Å². The van der Waals surface area contributed by atoms with Crippen LogP contribution in [0.1, 0.15) is 31.9 Å². The number of carbonyl (C=O) groups is 1. The Hall–Kier alpha value is -2.26. The maximum absolute atomic E-state index is 12.0. The van der Waals surface area contributed by atoms with Crippen molar-refractivity contribution in [3.8, 4) is 10.8 Å². The Balaban J connectivity index is 1.59. The number of anilines is 1. The van der Waals surface area contributed by atoms with Crippen LogP contribution in [0.4, 0.5) is 5.13 Å².